The van der Waals surface area contributed by atoms with Crippen molar-refractivity contribution in [2.45, 2.75) is 114 Å². The summed E-state index contributed by atoms with van der Waals surface area (Å²) in [6.07, 6.45) is 14.4. The van der Waals surface area contributed by atoms with Crippen LogP contribution >= 0.6 is 0 Å². The van der Waals surface area contributed by atoms with Crippen LogP contribution in [0.15, 0.2) is 72.8 Å². The van der Waals surface area contributed by atoms with E-state index in [0.717, 1.165) is 96.5 Å². The highest BCUT2D eigenvalue weighted by Gasteiger charge is 2.51. The number of aliphatic hydroxyl groups excluding tert-OH is 1. The molecule has 4 aliphatic carbocycles. The van der Waals surface area contributed by atoms with Gasteiger partial charge in [-0.2, -0.15) is 0 Å². The van der Waals surface area contributed by atoms with Crippen molar-refractivity contribution in [1.29, 1.82) is 0 Å². The van der Waals surface area contributed by atoms with E-state index in [-0.39, 0.29) is 30.4 Å². The average Bonchev–Trinajstić information content (AvgIpc) is 3.11. The third kappa shape index (κ3) is 7.81. The molecule has 2 amide bonds. The summed E-state index contributed by atoms with van der Waals surface area (Å²) in [6, 6.07) is 25.1. The Morgan fingerprint density at radius 3 is 2.08 bits per heavy atom. The molecule has 0 spiro atoms. The maximum absolute atomic E-state index is 13.2. The number of aliphatic hydroxyl groups is 1. The maximum Gasteiger partial charge on any atom is 0.315 e. The van der Waals surface area contributed by atoms with E-state index in [1.807, 2.05) is 12.1 Å². The second-order valence-corrected chi connectivity index (χ2v) is 16.2. The van der Waals surface area contributed by atoms with E-state index in [2.05, 4.69) is 76.2 Å². The number of amides is 2. The van der Waals surface area contributed by atoms with Crippen LogP contribution in [-0.2, 0) is 22.6 Å². The van der Waals surface area contributed by atoms with Gasteiger partial charge in [0.05, 0.1) is 18.8 Å². The lowest BCUT2D eigenvalue weighted by Gasteiger charge is -2.56. The second kappa shape index (κ2) is 15.2. The van der Waals surface area contributed by atoms with Crippen LogP contribution in [0, 0.1) is 17.8 Å². The van der Waals surface area contributed by atoms with Gasteiger partial charge in [-0.3, -0.25) is 0 Å². The monoisotopic (exact) mass is 677 g/mol. The van der Waals surface area contributed by atoms with Crippen molar-refractivity contribution in [1.82, 2.24) is 15.5 Å². The number of carbonyl (C=O) groups excluding carboxylic acids is 1. The number of urea groups is 1. The minimum atomic E-state index is -0.467. The number of benzene rings is 3. The van der Waals surface area contributed by atoms with Gasteiger partial charge in [0.15, 0.2) is 6.29 Å². The molecule has 0 unspecified atom stereocenters. The van der Waals surface area contributed by atoms with Crippen LogP contribution in [0.4, 0.5) is 4.79 Å². The molecule has 4 saturated carbocycles. The molecule has 3 N–H and O–H groups in total. The SMILES string of the molecule is O=C(NCc1ccccc1-c1ccc([C@@H]2O[C@H](CN3CCCCCCC3)C[C@H](c3ccc(CO)cc3)O2)cc1)NC12CC3CC(CC(C3)C1)C2. The van der Waals surface area contributed by atoms with Crippen molar-refractivity contribution in [3.63, 3.8) is 0 Å². The van der Waals surface area contributed by atoms with Crippen LogP contribution in [0.3, 0.4) is 0 Å². The van der Waals surface area contributed by atoms with E-state index in [9.17, 15) is 9.90 Å². The first kappa shape index (κ1) is 33.9. The summed E-state index contributed by atoms with van der Waals surface area (Å²) in [6.45, 7) is 3.71. The molecule has 0 radical (unpaired) electrons. The van der Waals surface area contributed by atoms with E-state index in [1.165, 1.54) is 51.4 Å². The first-order valence-electron chi connectivity index (χ1n) is 19.5. The Kier molecular flexibility index (Phi) is 10.3. The number of nitrogens with one attached hydrogen (secondary N) is 2. The molecule has 7 heteroatoms. The van der Waals surface area contributed by atoms with Crippen molar-refractivity contribution in [3.8, 4) is 11.1 Å². The highest BCUT2D eigenvalue weighted by Crippen LogP contribution is 2.55. The summed E-state index contributed by atoms with van der Waals surface area (Å²) in [7, 11) is 0. The Bertz CT molecular complexity index is 1550. The topological polar surface area (TPSA) is 83.1 Å². The molecule has 3 aromatic rings. The van der Waals surface area contributed by atoms with Crippen LogP contribution in [0.1, 0.15) is 112 Å². The van der Waals surface area contributed by atoms with Crippen LogP contribution in [0.2, 0.25) is 0 Å². The second-order valence-electron chi connectivity index (χ2n) is 16.2. The molecule has 9 rings (SSSR count). The largest absolute Gasteiger partial charge is 0.392 e. The highest BCUT2D eigenvalue weighted by molar-refractivity contribution is 5.76. The van der Waals surface area contributed by atoms with Crippen LogP contribution in [0.25, 0.3) is 11.1 Å². The number of carbonyl (C=O) groups is 1. The lowest BCUT2D eigenvalue weighted by atomic mass is 9.53. The van der Waals surface area contributed by atoms with Gasteiger partial charge in [-0.25, -0.2) is 4.79 Å². The van der Waals surface area contributed by atoms with E-state index in [1.54, 1.807) is 0 Å². The van der Waals surface area contributed by atoms with Gasteiger partial charge in [0.2, 0.25) is 0 Å². The number of hydrogen-bond donors (Lipinski definition) is 3. The van der Waals surface area contributed by atoms with Gasteiger partial charge in [0, 0.05) is 30.6 Å². The third-order valence-corrected chi connectivity index (χ3v) is 12.4. The minimum absolute atomic E-state index is 0.00475. The fraction of sp³-hybridized carbons (Fsp3) is 0.558. The predicted molar refractivity (Wildman–Crippen MR) is 196 cm³/mol. The van der Waals surface area contributed by atoms with Gasteiger partial charge < -0.3 is 30.1 Å². The maximum atomic E-state index is 13.2. The summed E-state index contributed by atoms with van der Waals surface area (Å²) in [5.41, 5.74) is 6.38. The van der Waals surface area contributed by atoms with Crippen molar-refractivity contribution < 1.29 is 19.4 Å². The Hall–Kier alpha value is -3.23. The van der Waals surface area contributed by atoms with E-state index >= 15 is 0 Å². The molecule has 0 aromatic heterocycles. The number of likely N-dealkylation sites (tertiary alicyclic amines) is 1. The van der Waals surface area contributed by atoms with Crippen molar-refractivity contribution in [2.24, 2.45) is 17.8 Å². The summed E-state index contributed by atoms with van der Waals surface area (Å²) in [5.74, 6) is 2.40. The van der Waals surface area contributed by atoms with Crippen molar-refractivity contribution >= 4 is 6.03 Å². The molecule has 4 bridgehead atoms. The lowest BCUT2D eigenvalue weighted by Crippen LogP contribution is -2.61. The van der Waals surface area contributed by atoms with E-state index < -0.39 is 6.29 Å². The molecular weight excluding hydrogens is 622 g/mol. The Labute approximate surface area is 298 Å². The molecule has 2 saturated heterocycles. The molecule has 7 nitrogen and oxygen atoms in total. The average molecular weight is 678 g/mol. The van der Waals surface area contributed by atoms with Gasteiger partial charge in [0.1, 0.15) is 0 Å². The Morgan fingerprint density at radius 2 is 1.40 bits per heavy atom. The van der Waals surface area contributed by atoms with Crippen molar-refractivity contribution in [2.75, 3.05) is 19.6 Å². The zero-order valence-electron chi connectivity index (χ0n) is 29.5. The van der Waals surface area contributed by atoms with Crippen LogP contribution in [-0.4, -0.2) is 47.3 Å². The molecule has 50 heavy (non-hydrogen) atoms. The third-order valence-electron chi connectivity index (χ3n) is 12.4. The van der Waals surface area contributed by atoms with Gasteiger partial charge in [-0.1, -0.05) is 92.1 Å². The summed E-state index contributed by atoms with van der Waals surface area (Å²) >= 11 is 0. The Balaban J connectivity index is 0.946. The number of ether oxygens (including phenoxy) is 2. The zero-order valence-corrected chi connectivity index (χ0v) is 29.5. The fourth-order valence-electron chi connectivity index (χ4n) is 10.3. The number of hydrogen-bond acceptors (Lipinski definition) is 5. The normalized spacial score (nSPS) is 31.1. The fourth-order valence-corrected chi connectivity index (χ4v) is 10.3. The molecule has 2 heterocycles. The van der Waals surface area contributed by atoms with Gasteiger partial charge in [0.25, 0.3) is 0 Å². The molecule has 6 aliphatic rings. The standard InChI is InChI=1S/C43H55N3O4/c47-29-30-10-12-35(13-11-30)40-23-38(28-46-18-6-2-1-3-7-19-46)49-41(50-40)36-16-14-34(15-17-36)39-9-5-4-8-37(39)27-44-42(48)45-43-24-31-20-32(25-43)22-33(21-31)26-43/h4-5,8-17,31-33,38,40-41,47H,1-3,6-7,18-29H2,(H2,44,45,48)/t31?,32?,33?,38-,40+,41+,43?/m0/s1. The first-order chi connectivity index (χ1) is 24.5. The summed E-state index contributed by atoms with van der Waals surface area (Å²) < 4.78 is 13.4. The zero-order chi connectivity index (χ0) is 33.9. The van der Waals surface area contributed by atoms with E-state index in [0.29, 0.717) is 6.54 Å². The highest BCUT2D eigenvalue weighted by atomic mass is 16.7. The molecule has 6 fully saturated rings. The van der Waals surface area contributed by atoms with E-state index in [4.69, 9.17) is 9.47 Å². The lowest BCUT2D eigenvalue weighted by molar-refractivity contribution is -0.253. The Morgan fingerprint density at radius 1 is 0.760 bits per heavy atom. The van der Waals surface area contributed by atoms with Crippen LogP contribution < -0.4 is 10.6 Å². The molecule has 3 atom stereocenters. The van der Waals surface area contributed by atoms with Gasteiger partial charge in [-0.05, 0) is 110 Å². The van der Waals surface area contributed by atoms with Gasteiger partial charge in [-0.15, -0.1) is 0 Å². The summed E-state index contributed by atoms with van der Waals surface area (Å²) in [5, 5.41) is 16.3. The van der Waals surface area contributed by atoms with Crippen molar-refractivity contribution in [3.05, 3.63) is 95.1 Å². The molecule has 266 valence electrons. The smallest absolute Gasteiger partial charge is 0.315 e. The van der Waals surface area contributed by atoms with Gasteiger partial charge >= 0.3 is 6.03 Å². The first-order valence-corrected chi connectivity index (χ1v) is 19.5. The quantitative estimate of drug-likeness (QED) is 0.212. The number of rotatable bonds is 9. The molecule has 3 aromatic carbocycles. The predicted octanol–water partition coefficient (Wildman–Crippen LogP) is 8.43. The number of nitrogens with zero attached hydrogens (tertiary/aromatic N) is 1. The molecular formula is C43H55N3O4. The minimum Gasteiger partial charge on any atom is -0.392 e. The van der Waals surface area contributed by atoms with Crippen LogP contribution in [0.5, 0.6) is 0 Å². The summed E-state index contributed by atoms with van der Waals surface area (Å²) in [4.78, 5) is 15.8. The molecule has 2 aliphatic heterocycles.